The van der Waals surface area contributed by atoms with Gasteiger partial charge in [0.05, 0.1) is 11.1 Å². The molecule has 0 unspecified atom stereocenters. The zero-order valence-corrected chi connectivity index (χ0v) is 21.1. The summed E-state index contributed by atoms with van der Waals surface area (Å²) >= 11 is 11.6. The highest BCUT2D eigenvalue weighted by atomic mass is 79.9. The van der Waals surface area contributed by atoms with Gasteiger partial charge >= 0.3 is 11.9 Å². The van der Waals surface area contributed by atoms with Crippen molar-refractivity contribution in [3.05, 3.63) is 98.1 Å². The summed E-state index contributed by atoms with van der Waals surface area (Å²) in [7, 11) is 0. The molecule has 1 aliphatic heterocycles. The third-order valence-electron chi connectivity index (χ3n) is 4.56. The summed E-state index contributed by atoms with van der Waals surface area (Å²) in [5.41, 5.74) is 1.37. The van der Waals surface area contributed by atoms with Crippen LogP contribution in [0.3, 0.4) is 0 Å². The van der Waals surface area contributed by atoms with Gasteiger partial charge in [-0.15, -0.1) is 0 Å². The van der Waals surface area contributed by atoms with Gasteiger partial charge in [0.25, 0.3) is 5.91 Å². The minimum Gasteiger partial charge on any atom is -0.419 e. The molecule has 0 saturated carbocycles. The minimum atomic E-state index is -0.642. The Morgan fingerprint density at radius 2 is 1.29 bits per heavy atom. The number of nitrogens with one attached hydrogen (secondary N) is 2. The minimum absolute atomic E-state index is 0.00807. The Kier molecular flexibility index (Phi) is 7.20. The van der Waals surface area contributed by atoms with Crippen LogP contribution < -0.4 is 20.1 Å². The van der Waals surface area contributed by atoms with Crippen LogP contribution >= 0.6 is 44.1 Å². The molecule has 170 valence electrons. The highest BCUT2D eigenvalue weighted by molar-refractivity contribution is 9.10. The average molecular weight is 602 g/mol. The summed E-state index contributed by atoms with van der Waals surface area (Å²) < 4.78 is 12.7. The van der Waals surface area contributed by atoms with Gasteiger partial charge in [-0.25, -0.2) is 9.59 Å². The monoisotopic (exact) mass is 600 g/mol. The topological polar surface area (TPSA) is 93.7 Å². The van der Waals surface area contributed by atoms with Crippen molar-refractivity contribution in [2.75, 3.05) is 0 Å². The predicted molar refractivity (Wildman–Crippen MR) is 136 cm³/mol. The van der Waals surface area contributed by atoms with Crippen molar-refractivity contribution in [1.82, 2.24) is 10.6 Å². The maximum atomic E-state index is 12.7. The van der Waals surface area contributed by atoms with Crippen molar-refractivity contribution >= 4 is 73.1 Å². The second-order valence-electron chi connectivity index (χ2n) is 6.97. The zero-order valence-electron chi connectivity index (χ0n) is 17.1. The molecule has 0 spiro atoms. The molecule has 10 heteroatoms. The zero-order chi connectivity index (χ0) is 24.2. The third-order valence-corrected chi connectivity index (χ3v) is 5.83. The lowest BCUT2D eigenvalue weighted by atomic mass is 10.1. The highest BCUT2D eigenvalue weighted by Crippen LogP contribution is 2.31. The SMILES string of the molecule is O=C1NC(=S)N/C1=C\c1ccc(OC(=O)c2ccc(Br)cc2)c(OC(=O)c2ccc(Br)cc2)c1. The molecule has 0 aromatic heterocycles. The largest absolute Gasteiger partial charge is 0.419 e. The van der Waals surface area contributed by atoms with Gasteiger partial charge in [-0.05, 0) is 84.5 Å². The molecule has 1 saturated heterocycles. The standard InChI is InChI=1S/C24H14Br2N2O5S/c25-16-6-2-14(3-7-16)22(30)32-19-10-1-13(11-18-21(29)28-24(34)27-18)12-20(19)33-23(31)15-4-8-17(26)9-5-15/h1-12H,(H2,27,28,29,34)/b18-11-. The molecule has 1 heterocycles. The Morgan fingerprint density at radius 3 is 1.79 bits per heavy atom. The van der Waals surface area contributed by atoms with Crippen molar-refractivity contribution in [2.45, 2.75) is 0 Å². The van der Waals surface area contributed by atoms with Crippen LogP contribution in [-0.2, 0) is 4.79 Å². The lowest BCUT2D eigenvalue weighted by Gasteiger charge is -2.12. The number of benzene rings is 3. The van der Waals surface area contributed by atoms with Crippen LogP contribution in [0.25, 0.3) is 6.08 Å². The van der Waals surface area contributed by atoms with Crippen LogP contribution in [0.15, 0.2) is 81.4 Å². The first-order valence-electron chi connectivity index (χ1n) is 9.72. The van der Waals surface area contributed by atoms with Crippen molar-refractivity contribution in [2.24, 2.45) is 0 Å². The number of hydrogen-bond donors (Lipinski definition) is 2. The average Bonchev–Trinajstić information content (AvgIpc) is 3.12. The van der Waals surface area contributed by atoms with Gasteiger partial charge in [-0.3, -0.25) is 10.1 Å². The second kappa shape index (κ2) is 10.3. The smallest absolute Gasteiger partial charge is 0.343 e. The molecule has 0 radical (unpaired) electrons. The normalized spacial score (nSPS) is 13.9. The van der Waals surface area contributed by atoms with Crippen LogP contribution in [0, 0.1) is 0 Å². The molecule has 0 aliphatic carbocycles. The summed E-state index contributed by atoms with van der Waals surface area (Å²) in [6, 6.07) is 17.8. The maximum absolute atomic E-state index is 12.7. The van der Waals surface area contributed by atoms with Crippen LogP contribution in [0.2, 0.25) is 0 Å². The predicted octanol–water partition coefficient (Wildman–Crippen LogP) is 5.00. The van der Waals surface area contributed by atoms with Gasteiger partial charge in [-0.2, -0.15) is 0 Å². The van der Waals surface area contributed by atoms with Crippen LogP contribution in [-0.4, -0.2) is 23.0 Å². The molecule has 0 atom stereocenters. The Morgan fingerprint density at radius 1 is 0.765 bits per heavy atom. The lowest BCUT2D eigenvalue weighted by molar-refractivity contribution is -0.115. The Hall–Kier alpha value is -3.34. The highest BCUT2D eigenvalue weighted by Gasteiger charge is 2.21. The van der Waals surface area contributed by atoms with Gasteiger partial charge in [0.2, 0.25) is 0 Å². The summed E-state index contributed by atoms with van der Waals surface area (Å²) in [6.45, 7) is 0. The van der Waals surface area contributed by atoms with Crippen LogP contribution in [0.5, 0.6) is 11.5 Å². The summed E-state index contributed by atoms with van der Waals surface area (Å²) in [4.78, 5) is 37.3. The van der Waals surface area contributed by atoms with E-state index >= 15 is 0 Å². The summed E-state index contributed by atoms with van der Waals surface area (Å²) in [5.74, 6) is -1.60. The Bertz CT molecular complexity index is 1340. The molecule has 1 aliphatic rings. The molecule has 34 heavy (non-hydrogen) atoms. The van der Waals surface area contributed by atoms with Crippen molar-refractivity contribution in [3.63, 3.8) is 0 Å². The van der Waals surface area contributed by atoms with Gasteiger partial charge in [-0.1, -0.05) is 37.9 Å². The Balaban J connectivity index is 1.65. The first kappa shape index (κ1) is 23.8. The van der Waals surface area contributed by atoms with E-state index in [0.717, 1.165) is 8.95 Å². The van der Waals surface area contributed by atoms with Crippen molar-refractivity contribution in [3.8, 4) is 11.5 Å². The van der Waals surface area contributed by atoms with Gasteiger partial charge in [0.1, 0.15) is 5.70 Å². The van der Waals surface area contributed by atoms with Crippen molar-refractivity contribution in [1.29, 1.82) is 0 Å². The van der Waals surface area contributed by atoms with E-state index < -0.39 is 11.9 Å². The second-order valence-corrected chi connectivity index (χ2v) is 9.20. The summed E-state index contributed by atoms with van der Waals surface area (Å²) in [5, 5.41) is 5.41. The number of rotatable bonds is 5. The van der Waals surface area contributed by atoms with Crippen molar-refractivity contribution < 1.29 is 23.9 Å². The fraction of sp³-hybridized carbons (Fsp3) is 0. The lowest BCUT2D eigenvalue weighted by Crippen LogP contribution is -2.21. The van der Waals surface area contributed by atoms with Gasteiger partial charge in [0, 0.05) is 8.95 Å². The third kappa shape index (κ3) is 5.77. The molecule has 1 fully saturated rings. The number of amides is 1. The van der Waals surface area contributed by atoms with Gasteiger partial charge in [0.15, 0.2) is 16.6 Å². The fourth-order valence-corrected chi connectivity index (χ4v) is 3.65. The molecule has 3 aromatic carbocycles. The number of ether oxygens (including phenoxy) is 2. The number of thiocarbonyl (C=S) groups is 1. The number of esters is 2. The number of hydrogen-bond acceptors (Lipinski definition) is 6. The first-order valence-corrected chi connectivity index (χ1v) is 11.7. The van der Waals surface area contributed by atoms with Crippen LogP contribution in [0.1, 0.15) is 26.3 Å². The summed E-state index contributed by atoms with van der Waals surface area (Å²) in [6.07, 6.45) is 1.53. The molecular formula is C24H14Br2N2O5S. The van der Waals surface area contributed by atoms with E-state index in [9.17, 15) is 14.4 Å². The Labute approximate surface area is 216 Å². The van der Waals surface area contributed by atoms with Crippen LogP contribution in [0.4, 0.5) is 0 Å². The number of halogens is 2. The van der Waals surface area contributed by atoms with E-state index in [0.29, 0.717) is 16.7 Å². The first-order chi connectivity index (χ1) is 16.3. The quantitative estimate of drug-likeness (QED) is 0.184. The molecule has 0 bridgehead atoms. The van der Waals surface area contributed by atoms with E-state index in [2.05, 4.69) is 42.5 Å². The van der Waals surface area contributed by atoms with E-state index in [-0.39, 0.29) is 28.2 Å². The van der Waals surface area contributed by atoms with E-state index in [1.54, 1.807) is 54.6 Å². The molecular weight excluding hydrogens is 588 g/mol. The molecule has 2 N–H and O–H groups in total. The molecule has 7 nitrogen and oxygen atoms in total. The molecule has 3 aromatic rings. The maximum Gasteiger partial charge on any atom is 0.343 e. The van der Waals surface area contributed by atoms with E-state index in [1.807, 2.05) is 0 Å². The van der Waals surface area contributed by atoms with E-state index in [1.165, 1.54) is 18.2 Å². The molecule has 4 rings (SSSR count). The van der Waals surface area contributed by atoms with E-state index in [4.69, 9.17) is 21.7 Å². The molecule has 1 amide bonds. The number of carbonyl (C=O) groups excluding carboxylic acids is 3. The fourth-order valence-electron chi connectivity index (χ4n) is 2.92. The van der Waals surface area contributed by atoms with Gasteiger partial charge < -0.3 is 14.8 Å². The number of carbonyl (C=O) groups is 3.